The highest BCUT2D eigenvalue weighted by molar-refractivity contribution is 7.11. The number of thiophene rings is 1. The molecule has 8 heteroatoms. The van der Waals surface area contributed by atoms with Gasteiger partial charge >= 0.3 is 0 Å². The molecule has 1 aliphatic heterocycles. The van der Waals surface area contributed by atoms with Gasteiger partial charge in [-0.3, -0.25) is 4.79 Å². The Morgan fingerprint density at radius 3 is 2.97 bits per heavy atom. The third-order valence-corrected chi connectivity index (χ3v) is 6.45. The average Bonchev–Trinajstić information content (AvgIpc) is 3.16. The maximum Gasteiger partial charge on any atom is 0.222 e. The summed E-state index contributed by atoms with van der Waals surface area (Å²) in [4.78, 5) is 26.0. The van der Waals surface area contributed by atoms with Gasteiger partial charge in [0.2, 0.25) is 5.91 Å². The quantitative estimate of drug-likeness (QED) is 0.432. The van der Waals surface area contributed by atoms with Crippen LogP contribution in [-0.4, -0.2) is 42.5 Å². The summed E-state index contributed by atoms with van der Waals surface area (Å²) in [6.07, 6.45) is 4.55. The molecule has 0 spiro atoms. The van der Waals surface area contributed by atoms with E-state index in [9.17, 15) is 4.79 Å². The predicted molar refractivity (Wildman–Crippen MR) is 129 cm³/mol. The second-order valence-corrected chi connectivity index (χ2v) is 9.50. The zero-order valence-corrected chi connectivity index (χ0v) is 19.5. The topological polar surface area (TPSA) is 95.6 Å². The number of primary amides is 1. The molecule has 0 aliphatic carbocycles. The smallest absolute Gasteiger partial charge is 0.222 e. The number of amides is 1. The fourth-order valence-corrected chi connectivity index (χ4v) is 4.92. The minimum absolute atomic E-state index is 0.118. The molecule has 3 rings (SSSR count). The van der Waals surface area contributed by atoms with Crippen molar-refractivity contribution in [1.82, 2.24) is 15.6 Å². The monoisotopic (exact) mass is 442 g/mol. The number of aliphatic imine (C=N–C) groups is 1. The van der Waals surface area contributed by atoms with Crippen LogP contribution in [-0.2, 0) is 17.8 Å². The van der Waals surface area contributed by atoms with Gasteiger partial charge < -0.3 is 21.3 Å². The van der Waals surface area contributed by atoms with E-state index in [1.807, 2.05) is 17.4 Å². The Balaban J connectivity index is 1.68. The lowest BCUT2D eigenvalue weighted by Crippen LogP contribution is -2.43. The first-order valence-corrected chi connectivity index (χ1v) is 11.9. The van der Waals surface area contributed by atoms with E-state index in [0.717, 1.165) is 49.7 Å². The number of piperidine rings is 1. The number of nitrogens with zero attached hydrogens (tertiary/aromatic N) is 3. The zero-order valence-electron chi connectivity index (χ0n) is 18.7. The van der Waals surface area contributed by atoms with Crippen LogP contribution in [0.3, 0.4) is 0 Å². The van der Waals surface area contributed by atoms with Gasteiger partial charge in [-0.15, -0.1) is 11.3 Å². The van der Waals surface area contributed by atoms with Crippen LogP contribution in [0.5, 0.6) is 0 Å². The van der Waals surface area contributed by atoms with E-state index in [0.29, 0.717) is 13.1 Å². The molecule has 1 fully saturated rings. The van der Waals surface area contributed by atoms with Gasteiger partial charge in [-0.25, -0.2) is 9.98 Å². The number of anilines is 1. The summed E-state index contributed by atoms with van der Waals surface area (Å²) in [7, 11) is 0. The Morgan fingerprint density at radius 2 is 2.26 bits per heavy atom. The summed E-state index contributed by atoms with van der Waals surface area (Å²) >= 11 is 1.84. The Labute approximate surface area is 189 Å². The molecule has 1 amide bonds. The highest BCUT2D eigenvalue weighted by Gasteiger charge is 2.25. The predicted octanol–water partition coefficient (Wildman–Crippen LogP) is 2.84. The van der Waals surface area contributed by atoms with Gasteiger partial charge in [0.1, 0.15) is 5.82 Å². The summed E-state index contributed by atoms with van der Waals surface area (Å²) in [6, 6.07) is 8.62. The largest absolute Gasteiger partial charge is 0.369 e. The first kappa shape index (κ1) is 23.1. The number of aromatic nitrogens is 1. The fraction of sp³-hybridized carbons (Fsp3) is 0.522. The Bertz CT molecular complexity index is 896. The second kappa shape index (κ2) is 11.1. The van der Waals surface area contributed by atoms with Crippen molar-refractivity contribution in [3.05, 3.63) is 45.8 Å². The van der Waals surface area contributed by atoms with Gasteiger partial charge in [-0.05, 0) is 51.8 Å². The lowest BCUT2D eigenvalue weighted by atomic mass is 9.97. The Morgan fingerprint density at radius 1 is 1.42 bits per heavy atom. The van der Waals surface area contributed by atoms with E-state index in [1.165, 1.54) is 9.75 Å². The molecule has 2 atom stereocenters. The number of aryl methyl sites for hydroxylation is 1. The zero-order chi connectivity index (χ0) is 22.2. The first-order valence-electron chi connectivity index (χ1n) is 11.0. The third-order valence-electron chi connectivity index (χ3n) is 5.43. The number of pyridine rings is 1. The number of carbonyl (C=O) groups excluding carboxylic acids is 1. The van der Waals surface area contributed by atoms with Gasteiger partial charge in [-0.1, -0.05) is 6.07 Å². The van der Waals surface area contributed by atoms with E-state index < -0.39 is 0 Å². The van der Waals surface area contributed by atoms with Crippen molar-refractivity contribution in [3.63, 3.8) is 0 Å². The molecule has 2 aromatic rings. The molecule has 0 aromatic carbocycles. The normalized spacial score (nSPS) is 18.0. The van der Waals surface area contributed by atoms with Gasteiger partial charge in [-0.2, -0.15) is 0 Å². The van der Waals surface area contributed by atoms with Gasteiger partial charge in [0.15, 0.2) is 5.96 Å². The first-order chi connectivity index (χ1) is 15.0. The molecule has 0 radical (unpaired) electrons. The molecule has 2 aromatic heterocycles. The molecule has 31 heavy (non-hydrogen) atoms. The van der Waals surface area contributed by atoms with Crippen molar-refractivity contribution in [1.29, 1.82) is 0 Å². The molecule has 4 N–H and O–H groups in total. The van der Waals surface area contributed by atoms with Crippen molar-refractivity contribution >= 4 is 29.0 Å². The SMILES string of the molecule is CCNC(=NCc1cccnc1N1CCCC(C(N)=O)C1)NC(C)Cc1ccc(C)s1. The van der Waals surface area contributed by atoms with E-state index in [4.69, 9.17) is 10.7 Å². The third kappa shape index (κ3) is 6.69. The molecular formula is C23H34N6OS. The van der Waals surface area contributed by atoms with Crippen LogP contribution in [0.1, 0.15) is 42.0 Å². The summed E-state index contributed by atoms with van der Waals surface area (Å²) in [5, 5.41) is 6.86. The van der Waals surface area contributed by atoms with E-state index in [2.05, 4.69) is 59.5 Å². The number of rotatable bonds is 8. The number of hydrogen-bond donors (Lipinski definition) is 3. The van der Waals surface area contributed by atoms with Crippen LogP contribution < -0.4 is 21.3 Å². The standard InChI is InChI=1S/C23H34N6OS/c1-4-25-23(28-16(2)13-20-10-9-17(3)31-20)27-14-18-7-5-11-26-22(18)29-12-6-8-19(15-29)21(24)30/h5,7,9-11,16,19H,4,6,8,12-15H2,1-3H3,(H2,24,30)(H2,25,27,28). The minimum Gasteiger partial charge on any atom is -0.369 e. The molecule has 1 aliphatic rings. The van der Waals surface area contributed by atoms with E-state index in [-0.39, 0.29) is 17.9 Å². The highest BCUT2D eigenvalue weighted by Crippen LogP contribution is 2.25. The average molecular weight is 443 g/mol. The van der Waals surface area contributed by atoms with Crippen molar-refractivity contribution in [2.75, 3.05) is 24.5 Å². The molecule has 0 saturated carbocycles. The maximum absolute atomic E-state index is 11.7. The summed E-state index contributed by atoms with van der Waals surface area (Å²) in [6.45, 7) is 9.19. The Hall–Kier alpha value is -2.61. The minimum atomic E-state index is -0.228. The molecular weight excluding hydrogens is 408 g/mol. The summed E-state index contributed by atoms with van der Waals surface area (Å²) in [5.74, 6) is 1.35. The summed E-state index contributed by atoms with van der Waals surface area (Å²) < 4.78 is 0. The molecule has 7 nitrogen and oxygen atoms in total. The fourth-order valence-electron chi connectivity index (χ4n) is 3.91. The summed E-state index contributed by atoms with van der Waals surface area (Å²) in [5.41, 5.74) is 6.60. The van der Waals surface area contributed by atoms with E-state index in [1.54, 1.807) is 6.20 Å². The molecule has 1 saturated heterocycles. The maximum atomic E-state index is 11.7. The van der Waals surface area contributed by atoms with Gasteiger partial charge in [0.05, 0.1) is 12.5 Å². The lowest BCUT2D eigenvalue weighted by molar-refractivity contribution is -0.122. The van der Waals surface area contributed by atoms with E-state index >= 15 is 0 Å². The van der Waals surface area contributed by atoms with Crippen LogP contribution in [0.25, 0.3) is 0 Å². The molecule has 3 heterocycles. The number of guanidine groups is 1. The molecule has 168 valence electrons. The number of hydrogen-bond acceptors (Lipinski definition) is 5. The number of nitrogens with two attached hydrogens (primary N) is 1. The van der Waals surface area contributed by atoms with Crippen LogP contribution in [0.4, 0.5) is 5.82 Å². The van der Waals surface area contributed by atoms with Crippen molar-refractivity contribution in [2.45, 2.75) is 52.6 Å². The lowest BCUT2D eigenvalue weighted by Gasteiger charge is -2.33. The second-order valence-electron chi connectivity index (χ2n) is 8.13. The van der Waals surface area contributed by atoms with Crippen molar-refractivity contribution in [2.24, 2.45) is 16.6 Å². The Kier molecular flexibility index (Phi) is 8.28. The molecule has 2 unspecified atom stereocenters. The molecule has 0 bridgehead atoms. The number of carbonyl (C=O) groups is 1. The van der Waals surface area contributed by atoms with Crippen LogP contribution >= 0.6 is 11.3 Å². The van der Waals surface area contributed by atoms with Crippen LogP contribution in [0, 0.1) is 12.8 Å². The van der Waals surface area contributed by atoms with Gasteiger partial charge in [0.25, 0.3) is 0 Å². The van der Waals surface area contributed by atoms with Gasteiger partial charge in [0, 0.05) is 53.6 Å². The van der Waals surface area contributed by atoms with Crippen molar-refractivity contribution < 1.29 is 4.79 Å². The van der Waals surface area contributed by atoms with Crippen LogP contribution in [0.2, 0.25) is 0 Å². The number of nitrogens with one attached hydrogen (secondary N) is 2. The van der Waals surface area contributed by atoms with Crippen molar-refractivity contribution in [3.8, 4) is 0 Å². The van der Waals surface area contributed by atoms with Crippen LogP contribution in [0.15, 0.2) is 35.5 Å². The highest BCUT2D eigenvalue weighted by atomic mass is 32.1.